The average molecular weight is 468 g/mol. The van der Waals surface area contributed by atoms with Crippen molar-refractivity contribution in [3.8, 4) is 11.5 Å². The zero-order valence-corrected chi connectivity index (χ0v) is 17.5. The number of aliphatic carboxylic acids is 2. The van der Waals surface area contributed by atoms with Crippen molar-refractivity contribution in [3.63, 3.8) is 0 Å². The average Bonchev–Trinajstić information content (AvgIpc) is 2.60. The molecule has 0 aliphatic heterocycles. The fourth-order valence-corrected chi connectivity index (χ4v) is 3.27. The molecule has 0 atom stereocenters. The first-order valence-electron chi connectivity index (χ1n) is 7.39. The van der Waals surface area contributed by atoms with Crippen molar-refractivity contribution in [1.82, 2.24) is 0 Å². The molecule has 0 spiro atoms. The molecule has 0 saturated heterocycles. The molecule has 0 bridgehead atoms. The van der Waals surface area contributed by atoms with E-state index >= 15 is 0 Å². The van der Waals surface area contributed by atoms with Crippen LogP contribution in [-0.2, 0) is 9.59 Å². The highest BCUT2D eigenvalue weighted by molar-refractivity contribution is 6.56. The molecule has 0 fully saturated rings. The van der Waals surface area contributed by atoms with Gasteiger partial charge in [-0.3, -0.25) is 9.59 Å². The Morgan fingerprint density at radius 1 is 0.679 bits per heavy atom. The molecular formula is C18H14Cl4O6. The van der Waals surface area contributed by atoms with E-state index in [1.165, 1.54) is 0 Å². The van der Waals surface area contributed by atoms with E-state index in [1.807, 2.05) is 0 Å². The van der Waals surface area contributed by atoms with Crippen LogP contribution in [0, 0.1) is 0 Å². The van der Waals surface area contributed by atoms with Gasteiger partial charge in [0.15, 0.2) is 0 Å². The number of phenolic OH excluding ortho intramolecular Hbond substituents is 2. The highest BCUT2D eigenvalue weighted by atomic mass is 35.5. The van der Waals surface area contributed by atoms with Crippen molar-refractivity contribution in [2.45, 2.75) is 13.8 Å². The molecule has 0 aliphatic rings. The van der Waals surface area contributed by atoms with Crippen LogP contribution in [0.2, 0.25) is 20.1 Å². The van der Waals surface area contributed by atoms with Crippen LogP contribution in [0.1, 0.15) is 13.8 Å². The number of hydrogen-bond donors (Lipinski definition) is 4. The third kappa shape index (κ3) is 5.23. The van der Waals surface area contributed by atoms with E-state index in [-0.39, 0.29) is 42.4 Å². The minimum atomic E-state index is -0.833. The number of phenols is 2. The van der Waals surface area contributed by atoms with Gasteiger partial charge in [0, 0.05) is 35.4 Å². The van der Waals surface area contributed by atoms with E-state index < -0.39 is 11.9 Å². The van der Waals surface area contributed by atoms with E-state index in [0.29, 0.717) is 10.8 Å². The molecule has 0 heterocycles. The Labute approximate surface area is 179 Å². The molecular weight excluding hydrogens is 454 g/mol. The fourth-order valence-electron chi connectivity index (χ4n) is 2.24. The summed E-state index contributed by atoms with van der Waals surface area (Å²) in [7, 11) is 0. The molecule has 6 nitrogen and oxygen atoms in total. The van der Waals surface area contributed by atoms with Crippen LogP contribution >= 0.6 is 46.4 Å². The zero-order chi connectivity index (χ0) is 21.8. The summed E-state index contributed by atoms with van der Waals surface area (Å²) in [5.74, 6) is -1.86. The first-order valence-corrected chi connectivity index (χ1v) is 8.90. The number of hydrogen-bond acceptors (Lipinski definition) is 4. The van der Waals surface area contributed by atoms with Gasteiger partial charge < -0.3 is 20.4 Å². The Balaban J connectivity index is 0.000000420. The van der Waals surface area contributed by atoms with Crippen molar-refractivity contribution >= 4 is 79.9 Å². The second-order valence-electron chi connectivity index (χ2n) is 5.29. The molecule has 3 rings (SSSR count). The number of fused-ring (bicyclic) bond motifs is 2. The van der Waals surface area contributed by atoms with Gasteiger partial charge in [-0.05, 0) is 0 Å². The number of carboxylic acids is 2. The van der Waals surface area contributed by atoms with Crippen LogP contribution in [0.25, 0.3) is 21.5 Å². The van der Waals surface area contributed by atoms with Gasteiger partial charge >= 0.3 is 0 Å². The normalized spacial score (nSPS) is 9.93. The van der Waals surface area contributed by atoms with Crippen molar-refractivity contribution < 1.29 is 30.0 Å². The lowest BCUT2D eigenvalue weighted by molar-refractivity contribution is -0.135. The van der Waals surface area contributed by atoms with Crippen molar-refractivity contribution in [2.75, 3.05) is 0 Å². The lowest BCUT2D eigenvalue weighted by Gasteiger charge is -2.14. The van der Waals surface area contributed by atoms with Gasteiger partial charge in [-0.25, -0.2) is 0 Å². The standard InChI is InChI=1S/C14H6Cl4O2.2C2H4O2/c15-9-7-8(10(16)12(18)11(9)17)14(20)6-4-2-1-3-5(6)13(7)19;2*1-2(3)4/h1-4,19-20H;2*1H3,(H,3,4). The molecule has 3 aromatic carbocycles. The molecule has 0 radical (unpaired) electrons. The Morgan fingerprint density at radius 3 is 1.18 bits per heavy atom. The predicted octanol–water partition coefficient (Wildman–Crippen LogP) is 6.20. The second-order valence-corrected chi connectivity index (χ2v) is 6.80. The van der Waals surface area contributed by atoms with Gasteiger partial charge in [-0.2, -0.15) is 0 Å². The summed E-state index contributed by atoms with van der Waals surface area (Å²) in [5.41, 5.74) is 0. The first kappa shape index (κ1) is 23.9. The monoisotopic (exact) mass is 466 g/mol. The Hall–Kier alpha value is -2.12. The number of benzene rings is 3. The lowest BCUT2D eigenvalue weighted by atomic mass is 10.0. The van der Waals surface area contributed by atoms with Crippen LogP contribution in [0.3, 0.4) is 0 Å². The fraction of sp³-hybridized carbons (Fsp3) is 0.111. The van der Waals surface area contributed by atoms with E-state index in [4.69, 9.17) is 66.2 Å². The molecule has 10 heteroatoms. The molecule has 0 unspecified atom stereocenters. The lowest BCUT2D eigenvalue weighted by Crippen LogP contribution is -1.86. The van der Waals surface area contributed by atoms with E-state index in [9.17, 15) is 10.2 Å². The van der Waals surface area contributed by atoms with Crippen molar-refractivity contribution in [3.05, 3.63) is 44.4 Å². The van der Waals surface area contributed by atoms with Crippen LogP contribution in [0.4, 0.5) is 0 Å². The topological polar surface area (TPSA) is 115 Å². The highest BCUT2D eigenvalue weighted by Crippen LogP contribution is 2.52. The van der Waals surface area contributed by atoms with Crippen molar-refractivity contribution in [1.29, 1.82) is 0 Å². The van der Waals surface area contributed by atoms with Crippen LogP contribution in [-0.4, -0.2) is 32.4 Å². The van der Waals surface area contributed by atoms with E-state index in [2.05, 4.69) is 0 Å². The highest BCUT2D eigenvalue weighted by Gasteiger charge is 2.22. The summed E-state index contributed by atoms with van der Waals surface area (Å²) in [5, 5.41) is 37.1. The van der Waals surface area contributed by atoms with Crippen LogP contribution < -0.4 is 0 Å². The summed E-state index contributed by atoms with van der Waals surface area (Å²) in [6, 6.07) is 6.80. The van der Waals surface area contributed by atoms with Gasteiger partial charge in [-0.1, -0.05) is 70.7 Å². The molecule has 3 aromatic rings. The number of carboxylic acid groups (broad SMARTS) is 2. The van der Waals surface area contributed by atoms with Gasteiger partial charge in [-0.15, -0.1) is 0 Å². The third-order valence-corrected chi connectivity index (χ3v) is 4.98. The molecule has 28 heavy (non-hydrogen) atoms. The number of carbonyl (C=O) groups is 2. The minimum Gasteiger partial charge on any atom is -0.507 e. The predicted molar refractivity (Wildman–Crippen MR) is 111 cm³/mol. The molecule has 150 valence electrons. The largest absolute Gasteiger partial charge is 0.507 e. The molecule has 0 aliphatic carbocycles. The quantitative estimate of drug-likeness (QED) is 0.135. The van der Waals surface area contributed by atoms with Crippen LogP contribution in [0.15, 0.2) is 24.3 Å². The van der Waals surface area contributed by atoms with E-state index in [1.54, 1.807) is 24.3 Å². The summed E-state index contributed by atoms with van der Waals surface area (Å²) in [4.78, 5) is 18.0. The maximum atomic E-state index is 10.4. The first-order chi connectivity index (χ1) is 12.9. The number of aromatic hydroxyl groups is 2. The summed E-state index contributed by atoms with van der Waals surface area (Å²) < 4.78 is 0. The SMILES string of the molecule is CC(=O)O.CC(=O)O.Oc1c2ccccc2c(O)c2c(Cl)c(Cl)c(Cl)c(Cl)c12. The summed E-state index contributed by atoms with van der Waals surface area (Å²) in [6.45, 7) is 2.17. The maximum absolute atomic E-state index is 10.4. The van der Waals surface area contributed by atoms with Gasteiger partial charge in [0.2, 0.25) is 0 Å². The third-order valence-electron chi connectivity index (χ3n) is 3.18. The summed E-state index contributed by atoms with van der Waals surface area (Å²) >= 11 is 24.3. The van der Waals surface area contributed by atoms with Crippen molar-refractivity contribution in [2.24, 2.45) is 0 Å². The Bertz CT molecular complexity index is 974. The zero-order valence-electron chi connectivity index (χ0n) is 14.4. The Morgan fingerprint density at radius 2 is 0.929 bits per heavy atom. The smallest absolute Gasteiger partial charge is 0.300 e. The van der Waals surface area contributed by atoms with Gasteiger partial charge in [0.05, 0.1) is 20.1 Å². The number of halogens is 4. The second kappa shape index (κ2) is 9.89. The molecule has 0 aromatic heterocycles. The minimum absolute atomic E-state index is 0.0378. The van der Waals surface area contributed by atoms with Gasteiger partial charge in [0.1, 0.15) is 11.5 Å². The van der Waals surface area contributed by atoms with Gasteiger partial charge in [0.25, 0.3) is 11.9 Å². The number of rotatable bonds is 0. The molecule has 0 saturated carbocycles. The summed E-state index contributed by atoms with van der Waals surface area (Å²) in [6.07, 6.45) is 0. The Kier molecular flexibility index (Phi) is 8.45. The molecule has 0 amide bonds. The maximum Gasteiger partial charge on any atom is 0.300 e. The van der Waals surface area contributed by atoms with E-state index in [0.717, 1.165) is 13.8 Å². The molecule has 4 N–H and O–H groups in total. The van der Waals surface area contributed by atoms with Crippen LogP contribution in [0.5, 0.6) is 11.5 Å².